The highest BCUT2D eigenvalue weighted by atomic mass is 32.2. The minimum atomic E-state index is -3.41. The Balaban J connectivity index is 2.40. The second-order valence-electron chi connectivity index (χ2n) is 4.00. The Hall–Kier alpha value is -1.61. The maximum atomic E-state index is 13.4. The van der Waals surface area contributed by atoms with E-state index in [4.69, 9.17) is 0 Å². The lowest BCUT2D eigenvalue weighted by Crippen LogP contribution is -2.02. The van der Waals surface area contributed by atoms with Gasteiger partial charge < -0.3 is 0 Å². The van der Waals surface area contributed by atoms with Crippen LogP contribution in [0.3, 0.4) is 0 Å². The second-order valence-corrected chi connectivity index (χ2v) is 7.10. The highest BCUT2D eigenvalue weighted by Crippen LogP contribution is 2.33. The van der Waals surface area contributed by atoms with Gasteiger partial charge in [-0.1, -0.05) is 11.8 Å². The molecular formula is C12H7F4NO2S2. The first kappa shape index (κ1) is 15.8. The number of halogens is 4. The lowest BCUT2D eigenvalue weighted by Gasteiger charge is -2.06. The molecule has 0 unspecified atom stereocenters. The quantitative estimate of drug-likeness (QED) is 0.637. The molecule has 0 spiro atoms. The van der Waals surface area contributed by atoms with Gasteiger partial charge in [0.1, 0.15) is 0 Å². The van der Waals surface area contributed by atoms with Crippen LogP contribution in [0.2, 0.25) is 0 Å². The molecule has 0 amide bonds. The molecule has 0 atom stereocenters. The normalized spacial score (nSPS) is 11.7. The molecule has 0 saturated carbocycles. The third-order valence-electron chi connectivity index (χ3n) is 2.43. The van der Waals surface area contributed by atoms with Gasteiger partial charge >= 0.3 is 0 Å². The van der Waals surface area contributed by atoms with E-state index in [1.54, 1.807) is 0 Å². The van der Waals surface area contributed by atoms with Crippen LogP contribution in [0.4, 0.5) is 17.6 Å². The second kappa shape index (κ2) is 5.64. The first-order valence-electron chi connectivity index (χ1n) is 5.38. The van der Waals surface area contributed by atoms with Crippen LogP contribution in [-0.2, 0) is 9.84 Å². The van der Waals surface area contributed by atoms with Gasteiger partial charge in [-0.15, -0.1) is 0 Å². The van der Waals surface area contributed by atoms with Crippen molar-refractivity contribution in [2.75, 3.05) is 6.26 Å². The van der Waals surface area contributed by atoms with E-state index >= 15 is 0 Å². The third-order valence-corrected chi connectivity index (χ3v) is 4.63. The summed E-state index contributed by atoms with van der Waals surface area (Å²) in [6.07, 6.45) is 1.00. The van der Waals surface area contributed by atoms with Crippen LogP contribution in [0.1, 0.15) is 0 Å². The topological polar surface area (TPSA) is 47.0 Å². The van der Waals surface area contributed by atoms with E-state index in [-0.39, 0.29) is 9.79 Å². The zero-order valence-corrected chi connectivity index (χ0v) is 12.0. The minimum Gasteiger partial charge on any atom is -0.224 e. The van der Waals surface area contributed by atoms with Crippen molar-refractivity contribution >= 4 is 21.6 Å². The summed E-state index contributed by atoms with van der Waals surface area (Å²) < 4.78 is 75.3. The van der Waals surface area contributed by atoms with Gasteiger partial charge in [-0.05, 0) is 24.3 Å². The average Bonchev–Trinajstić information content (AvgIpc) is 2.41. The van der Waals surface area contributed by atoms with Crippen molar-refractivity contribution in [2.45, 2.75) is 14.7 Å². The fraction of sp³-hybridized carbons (Fsp3) is 0.0833. The molecule has 21 heavy (non-hydrogen) atoms. The molecule has 0 aliphatic carbocycles. The van der Waals surface area contributed by atoms with E-state index in [1.807, 2.05) is 0 Å². The van der Waals surface area contributed by atoms with Gasteiger partial charge in [-0.25, -0.2) is 17.2 Å². The Labute approximate surface area is 121 Å². The van der Waals surface area contributed by atoms with Crippen LogP contribution in [0.5, 0.6) is 0 Å². The van der Waals surface area contributed by atoms with Gasteiger partial charge in [0.2, 0.25) is 0 Å². The van der Waals surface area contributed by atoms with Crippen molar-refractivity contribution in [3.05, 3.63) is 47.8 Å². The van der Waals surface area contributed by atoms with E-state index in [2.05, 4.69) is 4.98 Å². The van der Waals surface area contributed by atoms with E-state index < -0.39 is 38.3 Å². The Morgan fingerprint density at radius 1 is 0.952 bits per heavy atom. The lowest BCUT2D eigenvalue weighted by molar-refractivity contribution is 0.383. The Morgan fingerprint density at radius 3 is 1.86 bits per heavy atom. The van der Waals surface area contributed by atoms with Crippen LogP contribution < -0.4 is 0 Å². The average molecular weight is 337 g/mol. The number of rotatable bonds is 3. The zero-order valence-electron chi connectivity index (χ0n) is 10.4. The fourth-order valence-electron chi connectivity index (χ4n) is 1.43. The van der Waals surface area contributed by atoms with Crippen molar-refractivity contribution < 1.29 is 26.0 Å². The van der Waals surface area contributed by atoms with Crippen molar-refractivity contribution in [1.82, 2.24) is 4.98 Å². The summed E-state index contributed by atoms with van der Waals surface area (Å²) in [5.41, 5.74) is 0. The third kappa shape index (κ3) is 3.35. The van der Waals surface area contributed by atoms with Crippen LogP contribution in [0, 0.1) is 23.5 Å². The van der Waals surface area contributed by atoms with E-state index in [9.17, 15) is 26.0 Å². The van der Waals surface area contributed by atoms with Crippen LogP contribution in [-0.4, -0.2) is 19.7 Å². The molecule has 3 nitrogen and oxygen atoms in total. The van der Waals surface area contributed by atoms with E-state index in [1.165, 1.54) is 24.3 Å². The van der Waals surface area contributed by atoms with Gasteiger partial charge in [0.05, 0.1) is 9.79 Å². The molecule has 1 aromatic heterocycles. The lowest BCUT2D eigenvalue weighted by atomic mass is 10.4. The SMILES string of the molecule is CS(=O)(=O)c1ccc(Sc2c(F)c(F)nc(F)c2F)cc1. The van der Waals surface area contributed by atoms with E-state index in [0.717, 1.165) is 6.26 Å². The van der Waals surface area contributed by atoms with Crippen LogP contribution >= 0.6 is 11.8 Å². The molecule has 0 radical (unpaired) electrons. The molecule has 112 valence electrons. The predicted molar refractivity (Wildman–Crippen MR) is 67.7 cm³/mol. The monoisotopic (exact) mass is 337 g/mol. The smallest absolute Gasteiger partial charge is 0.224 e. The highest BCUT2D eigenvalue weighted by Gasteiger charge is 2.21. The summed E-state index contributed by atoms with van der Waals surface area (Å²) in [6.45, 7) is 0. The first-order chi connectivity index (χ1) is 9.70. The highest BCUT2D eigenvalue weighted by molar-refractivity contribution is 7.99. The van der Waals surface area contributed by atoms with Gasteiger partial charge in [0, 0.05) is 11.2 Å². The minimum absolute atomic E-state index is 0.0138. The number of sulfone groups is 1. The van der Waals surface area contributed by atoms with Crippen LogP contribution in [0.15, 0.2) is 39.0 Å². The molecule has 0 bridgehead atoms. The molecule has 0 aliphatic rings. The van der Waals surface area contributed by atoms with Crippen LogP contribution in [0.25, 0.3) is 0 Å². The van der Waals surface area contributed by atoms with Gasteiger partial charge in [-0.3, -0.25) is 0 Å². The zero-order chi connectivity index (χ0) is 15.8. The van der Waals surface area contributed by atoms with Gasteiger partial charge in [-0.2, -0.15) is 13.8 Å². The molecule has 1 heterocycles. The molecule has 2 aromatic rings. The number of nitrogens with zero attached hydrogens (tertiary/aromatic N) is 1. The largest absolute Gasteiger partial charge is 0.252 e. The maximum Gasteiger partial charge on any atom is 0.252 e. The molecule has 0 aliphatic heterocycles. The Morgan fingerprint density at radius 2 is 1.43 bits per heavy atom. The summed E-state index contributed by atoms with van der Waals surface area (Å²) in [6, 6.07) is 5.00. The molecule has 1 aromatic carbocycles. The number of benzene rings is 1. The van der Waals surface area contributed by atoms with Crippen molar-refractivity contribution in [3.8, 4) is 0 Å². The summed E-state index contributed by atoms with van der Waals surface area (Å²) in [5, 5.41) is 0. The summed E-state index contributed by atoms with van der Waals surface area (Å²) in [7, 11) is -3.41. The van der Waals surface area contributed by atoms with Crippen molar-refractivity contribution in [1.29, 1.82) is 0 Å². The number of hydrogen-bond donors (Lipinski definition) is 0. The molecule has 9 heteroatoms. The molecule has 0 saturated heterocycles. The molecule has 0 fully saturated rings. The maximum absolute atomic E-state index is 13.4. The number of hydrogen-bond acceptors (Lipinski definition) is 4. The summed E-state index contributed by atoms with van der Waals surface area (Å²) >= 11 is 0.424. The molecule has 2 rings (SSSR count). The standard InChI is InChI=1S/C12H7F4NO2S2/c1-21(18,19)7-4-2-6(3-5-7)20-10-8(13)11(15)17-12(16)9(10)14/h2-5H,1H3. The summed E-state index contributed by atoms with van der Waals surface area (Å²) in [4.78, 5) is 1.79. The molecule has 0 N–H and O–H groups in total. The van der Waals surface area contributed by atoms with E-state index in [0.29, 0.717) is 11.8 Å². The van der Waals surface area contributed by atoms with Crippen molar-refractivity contribution in [3.63, 3.8) is 0 Å². The Kier molecular flexibility index (Phi) is 4.24. The fourth-order valence-corrected chi connectivity index (χ4v) is 2.92. The first-order valence-corrected chi connectivity index (χ1v) is 8.09. The van der Waals surface area contributed by atoms with Crippen molar-refractivity contribution in [2.24, 2.45) is 0 Å². The Bertz CT molecular complexity index is 766. The number of aromatic nitrogens is 1. The summed E-state index contributed by atoms with van der Waals surface area (Å²) in [5.74, 6) is -6.70. The van der Waals surface area contributed by atoms with Gasteiger partial charge in [0.25, 0.3) is 11.9 Å². The number of pyridine rings is 1. The molecular weight excluding hydrogens is 330 g/mol. The predicted octanol–water partition coefficient (Wildman–Crippen LogP) is 3.19. The van der Waals surface area contributed by atoms with Gasteiger partial charge in [0.15, 0.2) is 21.5 Å².